The van der Waals surface area contributed by atoms with Gasteiger partial charge in [-0.1, -0.05) is 322 Å². The first-order valence-corrected chi connectivity index (χ1v) is 34.9. The monoisotopic (exact) mass is 1300 g/mol. The highest BCUT2D eigenvalue weighted by atomic mass is 16.3. The van der Waals surface area contributed by atoms with Gasteiger partial charge in [0.05, 0.1) is 34.1 Å². The predicted octanol–water partition coefficient (Wildman–Crippen LogP) is 28.1. The second-order valence-corrected chi connectivity index (χ2v) is 26.2. The number of fused-ring (bicyclic) bond motifs is 8. The molecule has 0 N–H and O–H groups in total. The van der Waals surface area contributed by atoms with Gasteiger partial charge in [-0.15, -0.1) is 0 Å². The third-order valence-electron chi connectivity index (χ3n) is 20.3. The third-order valence-corrected chi connectivity index (χ3v) is 20.3. The molecule has 0 amide bonds. The van der Waals surface area contributed by atoms with E-state index in [1.165, 1.54) is 27.5 Å². The van der Waals surface area contributed by atoms with Crippen LogP contribution in [0.4, 0.5) is 34.1 Å². The Labute approximate surface area is 591 Å². The molecule has 0 unspecified atom stereocenters. The average molecular weight is 1300 g/mol. The number of anilines is 6. The molecule has 19 rings (SSSR count). The van der Waals surface area contributed by atoms with Gasteiger partial charge in [0, 0.05) is 43.8 Å². The Morgan fingerprint density at radius 2 is 0.461 bits per heavy atom. The van der Waals surface area contributed by atoms with Crippen LogP contribution in [-0.2, 0) is 0 Å². The van der Waals surface area contributed by atoms with Crippen molar-refractivity contribution in [2.24, 2.45) is 0 Å². The summed E-state index contributed by atoms with van der Waals surface area (Å²) in [6.07, 6.45) is 0. The lowest BCUT2D eigenvalue weighted by Crippen LogP contribution is -2.13. The number of nitrogens with zero attached hydrogens (tertiary/aromatic N) is 2. The molecule has 2 aromatic heterocycles. The topological polar surface area (TPSA) is 32.8 Å². The van der Waals surface area contributed by atoms with Crippen molar-refractivity contribution in [2.45, 2.75) is 0 Å². The van der Waals surface area contributed by atoms with Gasteiger partial charge in [-0.2, -0.15) is 0 Å². The molecule has 0 saturated heterocycles. The molecule has 4 heteroatoms. The van der Waals surface area contributed by atoms with Crippen LogP contribution in [0, 0.1) is 0 Å². The van der Waals surface area contributed by atoms with Crippen LogP contribution < -0.4 is 9.80 Å². The van der Waals surface area contributed by atoms with Crippen LogP contribution in [0.3, 0.4) is 0 Å². The molecule has 0 spiro atoms. The molecule has 17 aromatic carbocycles. The summed E-state index contributed by atoms with van der Waals surface area (Å²) in [6, 6.07) is 141. The molecular formula is C98H64N2O2. The van der Waals surface area contributed by atoms with E-state index in [1.807, 2.05) is 6.07 Å². The zero-order valence-corrected chi connectivity index (χ0v) is 55.7. The largest absolute Gasteiger partial charge is 0.454 e. The van der Waals surface area contributed by atoms with E-state index in [2.05, 4.69) is 392 Å². The predicted molar refractivity (Wildman–Crippen MR) is 429 cm³/mol. The highest BCUT2D eigenvalue weighted by Crippen LogP contribution is 2.52. The first kappa shape index (κ1) is 59.7. The maximum Gasteiger partial charge on any atom is 0.159 e. The molecule has 0 aliphatic heterocycles. The van der Waals surface area contributed by atoms with E-state index in [4.69, 9.17) is 8.83 Å². The lowest BCUT2D eigenvalue weighted by Gasteiger charge is -2.30. The van der Waals surface area contributed by atoms with Gasteiger partial charge in [0.25, 0.3) is 0 Å². The summed E-state index contributed by atoms with van der Waals surface area (Å²) in [5, 5.41) is 9.05. The highest BCUT2D eigenvalue weighted by Gasteiger charge is 2.28. The molecule has 0 aliphatic rings. The molecule has 478 valence electrons. The van der Waals surface area contributed by atoms with E-state index in [-0.39, 0.29) is 0 Å². The van der Waals surface area contributed by atoms with Crippen molar-refractivity contribution in [3.8, 4) is 89.0 Å². The summed E-state index contributed by atoms with van der Waals surface area (Å²) in [6.45, 7) is 0. The minimum absolute atomic E-state index is 0.819. The lowest BCUT2D eigenvalue weighted by atomic mass is 9.89. The second kappa shape index (κ2) is 25.4. The molecule has 0 saturated carbocycles. The van der Waals surface area contributed by atoms with Gasteiger partial charge in [0.2, 0.25) is 0 Å². The van der Waals surface area contributed by atoms with Crippen molar-refractivity contribution in [1.82, 2.24) is 0 Å². The Kier molecular flexibility index (Phi) is 14.9. The van der Waals surface area contributed by atoms with Crippen LogP contribution >= 0.6 is 0 Å². The summed E-state index contributed by atoms with van der Waals surface area (Å²) in [5.74, 6) is 0. The number of para-hydroxylation sites is 7. The van der Waals surface area contributed by atoms with Gasteiger partial charge in [-0.05, 0) is 155 Å². The first-order chi connectivity index (χ1) is 50.6. The van der Waals surface area contributed by atoms with Gasteiger partial charge in [-0.25, -0.2) is 0 Å². The third kappa shape index (κ3) is 10.5. The van der Waals surface area contributed by atoms with Crippen molar-refractivity contribution in [2.75, 3.05) is 9.80 Å². The van der Waals surface area contributed by atoms with E-state index in [1.54, 1.807) is 0 Å². The van der Waals surface area contributed by atoms with Crippen molar-refractivity contribution in [1.29, 1.82) is 0 Å². The Morgan fingerprint density at radius 3 is 1.00 bits per heavy atom. The van der Waals surface area contributed by atoms with Gasteiger partial charge in [-0.3, -0.25) is 0 Å². The SMILES string of the molecule is c1ccc(-c2ccc(-c3ccccc3N(c3ccccc3-c3cccc(-c4ccc(-c5ccc(N(c6ccccc6-c6cccc(-c7cccc8ccccc78)c6)c6cccc7c6oc6ccccc67)c(-c6ccccc6)c5)c5ccccc45)c3)c3cccc4c3oc3ccccc34)cc2)cc1. The van der Waals surface area contributed by atoms with E-state index >= 15 is 0 Å². The van der Waals surface area contributed by atoms with Crippen molar-refractivity contribution < 1.29 is 8.83 Å². The Hall–Kier alpha value is -13.5. The van der Waals surface area contributed by atoms with Crippen molar-refractivity contribution in [3.63, 3.8) is 0 Å². The fraction of sp³-hybridized carbons (Fsp3) is 0. The van der Waals surface area contributed by atoms with E-state index in [9.17, 15) is 0 Å². The summed E-state index contributed by atoms with van der Waals surface area (Å²) in [7, 11) is 0. The molecule has 4 nitrogen and oxygen atoms in total. The summed E-state index contributed by atoms with van der Waals surface area (Å²) >= 11 is 0. The molecule has 102 heavy (non-hydrogen) atoms. The maximum atomic E-state index is 7.00. The summed E-state index contributed by atoms with van der Waals surface area (Å²) in [5.41, 5.74) is 27.3. The molecule has 0 aliphatic carbocycles. The number of benzene rings is 17. The molecule has 0 atom stereocenters. The first-order valence-electron chi connectivity index (χ1n) is 34.9. The van der Waals surface area contributed by atoms with Crippen LogP contribution in [-0.4, -0.2) is 0 Å². The highest BCUT2D eigenvalue weighted by molar-refractivity contribution is 6.14. The van der Waals surface area contributed by atoms with Crippen LogP contribution in [0.1, 0.15) is 0 Å². The quantitative estimate of drug-likeness (QED) is 0.109. The molecule has 19 aromatic rings. The Bertz CT molecular complexity index is 6400. The number of hydrogen-bond donors (Lipinski definition) is 0. The molecule has 2 heterocycles. The van der Waals surface area contributed by atoms with Crippen LogP contribution in [0.5, 0.6) is 0 Å². The second-order valence-electron chi connectivity index (χ2n) is 26.2. The normalized spacial score (nSPS) is 11.5. The van der Waals surface area contributed by atoms with E-state index in [0.717, 1.165) is 161 Å². The Balaban J connectivity index is 0.746. The van der Waals surface area contributed by atoms with Gasteiger partial charge in [0.15, 0.2) is 11.2 Å². The average Bonchev–Trinajstić information content (AvgIpc) is 1.39. The van der Waals surface area contributed by atoms with Crippen LogP contribution in [0.2, 0.25) is 0 Å². The van der Waals surface area contributed by atoms with Gasteiger partial charge in [0.1, 0.15) is 11.2 Å². The summed E-state index contributed by atoms with van der Waals surface area (Å²) < 4.78 is 13.9. The molecule has 0 radical (unpaired) electrons. The minimum atomic E-state index is 0.819. The van der Waals surface area contributed by atoms with Crippen LogP contribution in [0.25, 0.3) is 154 Å². The van der Waals surface area contributed by atoms with E-state index < -0.39 is 0 Å². The van der Waals surface area contributed by atoms with Gasteiger partial charge >= 0.3 is 0 Å². The van der Waals surface area contributed by atoms with Gasteiger partial charge < -0.3 is 18.6 Å². The minimum Gasteiger partial charge on any atom is -0.454 e. The lowest BCUT2D eigenvalue weighted by molar-refractivity contribution is 0.668. The van der Waals surface area contributed by atoms with E-state index in [0.29, 0.717) is 0 Å². The smallest absolute Gasteiger partial charge is 0.159 e. The van der Waals surface area contributed by atoms with Crippen LogP contribution in [0.15, 0.2) is 397 Å². The summed E-state index contributed by atoms with van der Waals surface area (Å²) in [4.78, 5) is 4.85. The molecule has 0 fully saturated rings. The fourth-order valence-corrected chi connectivity index (χ4v) is 15.5. The van der Waals surface area contributed by atoms with Crippen molar-refractivity contribution >= 4 is 99.5 Å². The number of furan rings is 2. The fourth-order valence-electron chi connectivity index (χ4n) is 15.5. The molecule has 0 bridgehead atoms. The van der Waals surface area contributed by atoms with Crippen molar-refractivity contribution in [3.05, 3.63) is 388 Å². The Morgan fingerprint density at radius 1 is 0.157 bits per heavy atom. The standard InChI is InChI=1S/C98H64N2O2/c1-3-26-65(27-4-1)66-54-56-69(57-55-66)79-37-11-16-47-89(79)99(93-50-24-45-86-84-42-14-19-52-95(84)101-97(86)93)90-48-17-12-38-80(90)73-35-22-33-71(63-73)77-59-60-78(83-41-10-9-40-82(77)83)74-58-61-92(88(64-74)68-28-5-2-6-29-68)100(94-51-25-46-87-85-43-15-20-53-96(85)102-98(87)94)91-49-18-13-39-81(91)72-34-21-32-70(62-72)76-44-23-31-67-30-7-8-36-75(67)76/h1-64H. The number of hydrogen-bond acceptors (Lipinski definition) is 4. The zero-order valence-electron chi connectivity index (χ0n) is 55.7. The maximum absolute atomic E-state index is 7.00. The number of rotatable bonds is 14. The molecular weight excluding hydrogens is 1240 g/mol. The zero-order chi connectivity index (χ0) is 67.5.